The maximum Gasteiger partial charge on any atom is 0.273 e. The van der Waals surface area contributed by atoms with Crippen LogP contribution in [0.15, 0.2) is 0 Å². The Kier molecular flexibility index (Phi) is 6.82. The van der Waals surface area contributed by atoms with Crippen molar-refractivity contribution in [3.05, 3.63) is 10.8 Å². The van der Waals surface area contributed by atoms with Crippen molar-refractivity contribution in [2.75, 3.05) is 18.0 Å². The standard InChI is InChI=1S/C10H17ClN6O.ClH/c1-4(2)5(12)3-15-10(18)6-8(13)17-9(14)7(11)16-6;/h4-5H,3,12H2,1-2H3,(H,15,18)(H4,13,14,17);1H/t5-;/m1./s1. The van der Waals surface area contributed by atoms with E-state index in [0.717, 1.165) is 0 Å². The van der Waals surface area contributed by atoms with Gasteiger partial charge in [0.1, 0.15) is 0 Å². The van der Waals surface area contributed by atoms with Crippen molar-refractivity contribution in [2.24, 2.45) is 11.7 Å². The fourth-order valence-corrected chi connectivity index (χ4v) is 1.27. The number of nitrogens with two attached hydrogens (primary N) is 3. The second kappa shape index (κ2) is 7.32. The van der Waals surface area contributed by atoms with Crippen LogP contribution in [0.25, 0.3) is 0 Å². The van der Waals surface area contributed by atoms with Gasteiger partial charge in [0.15, 0.2) is 22.5 Å². The van der Waals surface area contributed by atoms with E-state index in [1.807, 2.05) is 13.8 Å². The van der Waals surface area contributed by atoms with Gasteiger partial charge in [-0.15, -0.1) is 12.4 Å². The molecule has 0 bridgehead atoms. The van der Waals surface area contributed by atoms with E-state index in [0.29, 0.717) is 6.54 Å². The predicted molar refractivity (Wildman–Crippen MR) is 78.3 cm³/mol. The average Bonchev–Trinajstić information content (AvgIpc) is 2.30. The number of hydrogen-bond acceptors (Lipinski definition) is 6. The molecule has 0 aliphatic carbocycles. The largest absolute Gasteiger partial charge is 0.382 e. The van der Waals surface area contributed by atoms with Crippen LogP contribution in [0, 0.1) is 5.92 Å². The van der Waals surface area contributed by atoms with Crippen LogP contribution in [-0.4, -0.2) is 28.5 Å². The second-order valence-electron chi connectivity index (χ2n) is 4.25. The third-order valence-electron chi connectivity index (χ3n) is 2.47. The highest BCUT2D eigenvalue weighted by atomic mass is 35.5. The van der Waals surface area contributed by atoms with Gasteiger partial charge in [0.05, 0.1) is 0 Å². The van der Waals surface area contributed by atoms with E-state index in [1.165, 1.54) is 0 Å². The third kappa shape index (κ3) is 4.70. The van der Waals surface area contributed by atoms with Crippen molar-refractivity contribution < 1.29 is 4.79 Å². The van der Waals surface area contributed by atoms with E-state index in [1.54, 1.807) is 0 Å². The topological polar surface area (TPSA) is 133 Å². The Morgan fingerprint density at radius 2 is 1.89 bits per heavy atom. The molecule has 0 aromatic carbocycles. The number of anilines is 2. The minimum atomic E-state index is -0.474. The summed E-state index contributed by atoms with van der Waals surface area (Å²) in [6.45, 7) is 4.25. The molecule has 0 aliphatic heterocycles. The molecule has 0 fully saturated rings. The molecule has 7 nitrogen and oxygen atoms in total. The van der Waals surface area contributed by atoms with Gasteiger partial charge in [-0.25, -0.2) is 9.97 Å². The van der Waals surface area contributed by atoms with E-state index >= 15 is 0 Å². The molecule has 1 amide bonds. The van der Waals surface area contributed by atoms with Crippen LogP contribution in [0.2, 0.25) is 5.15 Å². The second-order valence-corrected chi connectivity index (χ2v) is 4.61. The number of hydrogen-bond donors (Lipinski definition) is 4. The summed E-state index contributed by atoms with van der Waals surface area (Å²) < 4.78 is 0. The minimum Gasteiger partial charge on any atom is -0.382 e. The summed E-state index contributed by atoms with van der Waals surface area (Å²) in [7, 11) is 0. The molecule has 0 saturated carbocycles. The Labute approximate surface area is 122 Å². The van der Waals surface area contributed by atoms with Gasteiger partial charge in [-0.05, 0) is 5.92 Å². The molecule has 9 heteroatoms. The van der Waals surface area contributed by atoms with Crippen molar-refractivity contribution in [3.8, 4) is 0 Å². The fraction of sp³-hybridized carbons (Fsp3) is 0.500. The summed E-state index contributed by atoms with van der Waals surface area (Å²) >= 11 is 5.68. The zero-order valence-corrected chi connectivity index (χ0v) is 12.3. The van der Waals surface area contributed by atoms with E-state index in [2.05, 4.69) is 15.3 Å². The number of nitrogens with zero attached hydrogens (tertiary/aromatic N) is 2. The first-order chi connectivity index (χ1) is 8.32. The summed E-state index contributed by atoms with van der Waals surface area (Å²) in [6.07, 6.45) is 0. The first-order valence-corrected chi connectivity index (χ1v) is 5.83. The zero-order chi connectivity index (χ0) is 13.9. The maximum absolute atomic E-state index is 11.8. The lowest BCUT2D eigenvalue weighted by molar-refractivity contribution is 0.0945. The molecule has 0 saturated heterocycles. The highest BCUT2D eigenvalue weighted by Crippen LogP contribution is 2.17. The monoisotopic (exact) mass is 308 g/mol. The molecule has 0 unspecified atom stereocenters. The molecular weight excluding hydrogens is 291 g/mol. The van der Waals surface area contributed by atoms with Crippen LogP contribution >= 0.6 is 24.0 Å². The number of amides is 1. The van der Waals surface area contributed by atoms with Crippen LogP contribution < -0.4 is 22.5 Å². The van der Waals surface area contributed by atoms with E-state index in [4.69, 9.17) is 28.8 Å². The maximum atomic E-state index is 11.8. The van der Waals surface area contributed by atoms with Crippen LogP contribution in [0.1, 0.15) is 24.3 Å². The van der Waals surface area contributed by atoms with Crippen molar-refractivity contribution in [2.45, 2.75) is 19.9 Å². The Morgan fingerprint density at radius 1 is 1.32 bits per heavy atom. The zero-order valence-electron chi connectivity index (χ0n) is 10.7. The van der Waals surface area contributed by atoms with E-state index < -0.39 is 5.91 Å². The number of halogens is 2. The van der Waals surface area contributed by atoms with Gasteiger partial charge >= 0.3 is 0 Å². The lowest BCUT2D eigenvalue weighted by Crippen LogP contribution is -2.40. The van der Waals surface area contributed by atoms with Crippen molar-refractivity contribution >= 4 is 41.6 Å². The molecule has 7 N–H and O–H groups in total. The van der Waals surface area contributed by atoms with Crippen molar-refractivity contribution in [3.63, 3.8) is 0 Å². The van der Waals surface area contributed by atoms with Crippen LogP contribution in [0.4, 0.5) is 11.6 Å². The number of aromatic nitrogens is 2. The Hall–Kier alpha value is -1.31. The van der Waals surface area contributed by atoms with Gasteiger partial charge in [-0.2, -0.15) is 0 Å². The number of nitrogens with one attached hydrogen (secondary N) is 1. The molecule has 0 radical (unpaired) electrons. The Balaban J connectivity index is 0.00000324. The SMILES string of the molecule is CC(C)[C@H](N)CNC(=O)c1nc(Cl)c(N)nc1N.Cl. The average molecular weight is 309 g/mol. The van der Waals surface area contributed by atoms with Gasteiger partial charge in [0, 0.05) is 12.6 Å². The van der Waals surface area contributed by atoms with Gasteiger partial charge in [-0.3, -0.25) is 4.79 Å². The molecule has 19 heavy (non-hydrogen) atoms. The molecular formula is C10H18Cl2N6O. The van der Waals surface area contributed by atoms with Gasteiger partial charge in [0.25, 0.3) is 5.91 Å². The molecule has 1 heterocycles. The van der Waals surface area contributed by atoms with Crippen LogP contribution in [0.3, 0.4) is 0 Å². The summed E-state index contributed by atoms with van der Waals surface area (Å²) in [5.74, 6) is -0.293. The van der Waals surface area contributed by atoms with Crippen molar-refractivity contribution in [1.29, 1.82) is 0 Å². The number of carbonyl (C=O) groups excluding carboxylic acids is 1. The van der Waals surface area contributed by atoms with Crippen LogP contribution in [-0.2, 0) is 0 Å². The molecule has 0 spiro atoms. The lowest BCUT2D eigenvalue weighted by Gasteiger charge is -2.16. The summed E-state index contributed by atoms with van der Waals surface area (Å²) in [6, 6.07) is -0.146. The predicted octanol–water partition coefficient (Wildman–Crippen LogP) is 0.429. The first-order valence-electron chi connectivity index (χ1n) is 5.45. The van der Waals surface area contributed by atoms with E-state index in [-0.39, 0.29) is 46.8 Å². The third-order valence-corrected chi connectivity index (χ3v) is 2.75. The first kappa shape index (κ1) is 17.7. The Morgan fingerprint density at radius 3 is 2.42 bits per heavy atom. The highest BCUT2D eigenvalue weighted by molar-refractivity contribution is 6.31. The molecule has 1 rings (SSSR count). The molecule has 0 aliphatic rings. The van der Waals surface area contributed by atoms with Gasteiger partial charge in [0.2, 0.25) is 0 Å². The summed E-state index contributed by atoms with van der Waals surface area (Å²) in [5, 5.41) is 2.57. The normalized spacial score (nSPS) is 11.8. The summed E-state index contributed by atoms with van der Waals surface area (Å²) in [4.78, 5) is 19.3. The van der Waals surface area contributed by atoms with E-state index in [9.17, 15) is 4.79 Å². The van der Waals surface area contributed by atoms with Gasteiger partial charge in [-0.1, -0.05) is 25.4 Å². The van der Waals surface area contributed by atoms with Crippen LogP contribution in [0.5, 0.6) is 0 Å². The smallest absolute Gasteiger partial charge is 0.273 e. The fourth-order valence-electron chi connectivity index (χ4n) is 1.14. The molecule has 108 valence electrons. The minimum absolute atomic E-state index is 0. The quantitative estimate of drug-likeness (QED) is 0.637. The Bertz CT molecular complexity index is 454. The molecule has 1 aromatic rings. The number of nitrogen functional groups attached to an aromatic ring is 2. The van der Waals surface area contributed by atoms with Gasteiger partial charge < -0.3 is 22.5 Å². The lowest BCUT2D eigenvalue weighted by atomic mass is 10.1. The molecule has 1 aromatic heterocycles. The van der Waals surface area contributed by atoms with Crippen molar-refractivity contribution in [1.82, 2.24) is 15.3 Å². The highest BCUT2D eigenvalue weighted by Gasteiger charge is 2.17. The molecule has 1 atom stereocenters. The summed E-state index contributed by atoms with van der Waals surface area (Å²) in [5.41, 5.74) is 16.7. The number of rotatable bonds is 4. The number of carbonyl (C=O) groups is 1.